The summed E-state index contributed by atoms with van der Waals surface area (Å²) in [6, 6.07) is 26.1. The van der Waals surface area contributed by atoms with Crippen LogP contribution in [0, 0.1) is 0 Å². The van der Waals surface area contributed by atoms with Crippen LogP contribution in [0.25, 0.3) is 22.0 Å². The van der Waals surface area contributed by atoms with E-state index in [-0.39, 0.29) is 5.91 Å². The van der Waals surface area contributed by atoms with Gasteiger partial charge in [0.25, 0.3) is 5.91 Å². The Labute approximate surface area is 175 Å². The molecule has 0 aliphatic carbocycles. The summed E-state index contributed by atoms with van der Waals surface area (Å²) in [5.74, 6) is 1.00. The molecule has 148 valence electrons. The number of amides is 1. The van der Waals surface area contributed by atoms with Crippen LogP contribution in [0.2, 0.25) is 0 Å². The van der Waals surface area contributed by atoms with Gasteiger partial charge in [0.15, 0.2) is 0 Å². The van der Waals surface area contributed by atoms with Gasteiger partial charge in [-0.1, -0.05) is 66.7 Å². The number of nitrogens with zero attached hydrogens (tertiary/aromatic N) is 4. The molecule has 0 bridgehead atoms. The van der Waals surface area contributed by atoms with Gasteiger partial charge in [0.1, 0.15) is 12.1 Å². The normalized spacial score (nSPS) is 14.1. The highest BCUT2D eigenvalue weighted by molar-refractivity contribution is 6.07. The summed E-state index contributed by atoms with van der Waals surface area (Å²) in [5, 5.41) is 2.10. The van der Waals surface area contributed by atoms with Gasteiger partial charge in [-0.3, -0.25) is 4.79 Å². The molecule has 1 amide bonds. The van der Waals surface area contributed by atoms with Gasteiger partial charge in [0.05, 0.1) is 5.69 Å². The third-order valence-corrected chi connectivity index (χ3v) is 5.63. The predicted molar refractivity (Wildman–Crippen MR) is 120 cm³/mol. The molecular weight excluding hydrogens is 372 g/mol. The Morgan fingerprint density at radius 2 is 1.50 bits per heavy atom. The maximum atomic E-state index is 13.2. The molecule has 5 nitrogen and oxygen atoms in total. The molecule has 0 radical (unpaired) electrons. The lowest BCUT2D eigenvalue weighted by atomic mass is 10.0. The lowest BCUT2D eigenvalue weighted by Gasteiger charge is -2.35. The summed E-state index contributed by atoms with van der Waals surface area (Å²) in [6.45, 7) is 2.85. The van der Waals surface area contributed by atoms with E-state index in [1.807, 2.05) is 83.8 Å². The number of aromatic nitrogens is 2. The van der Waals surface area contributed by atoms with Crippen molar-refractivity contribution in [2.45, 2.75) is 0 Å². The molecule has 2 heterocycles. The molecule has 0 unspecified atom stereocenters. The van der Waals surface area contributed by atoms with Crippen molar-refractivity contribution in [2.75, 3.05) is 31.1 Å². The number of piperazine rings is 1. The minimum absolute atomic E-state index is 0.0964. The van der Waals surface area contributed by atoms with Gasteiger partial charge < -0.3 is 9.80 Å². The van der Waals surface area contributed by atoms with E-state index in [1.165, 1.54) is 0 Å². The van der Waals surface area contributed by atoms with Crippen molar-refractivity contribution in [3.8, 4) is 11.3 Å². The van der Waals surface area contributed by atoms with E-state index in [0.29, 0.717) is 13.1 Å². The molecule has 1 fully saturated rings. The molecule has 5 heteroatoms. The fraction of sp³-hybridized carbons (Fsp3) is 0.160. The van der Waals surface area contributed by atoms with Gasteiger partial charge in [0.2, 0.25) is 0 Å². The minimum atomic E-state index is 0.0964. The van der Waals surface area contributed by atoms with Gasteiger partial charge in [-0.15, -0.1) is 0 Å². The van der Waals surface area contributed by atoms with E-state index < -0.39 is 0 Å². The van der Waals surface area contributed by atoms with E-state index in [4.69, 9.17) is 0 Å². The fourth-order valence-electron chi connectivity index (χ4n) is 4.01. The fourth-order valence-corrected chi connectivity index (χ4v) is 4.01. The number of rotatable bonds is 3. The van der Waals surface area contributed by atoms with Crippen LogP contribution < -0.4 is 4.90 Å². The van der Waals surface area contributed by atoms with Crippen molar-refractivity contribution in [1.29, 1.82) is 0 Å². The standard InChI is InChI=1S/C25H22N4O/c30-25(22-12-6-10-19-7-4-5-11-21(19)22)29-15-13-28(14-16-29)24-17-23(26-18-27-24)20-8-2-1-3-9-20/h1-12,17-18H,13-16H2. The predicted octanol–water partition coefficient (Wildman–Crippen LogP) is 4.26. The molecule has 30 heavy (non-hydrogen) atoms. The number of anilines is 1. The van der Waals surface area contributed by atoms with Crippen LogP contribution >= 0.6 is 0 Å². The molecule has 3 aromatic carbocycles. The second kappa shape index (κ2) is 7.95. The Bertz CT molecular complexity index is 1180. The molecule has 0 atom stereocenters. The first-order valence-corrected chi connectivity index (χ1v) is 10.2. The summed E-state index contributed by atoms with van der Waals surface area (Å²) in [6.07, 6.45) is 1.62. The molecule has 5 rings (SSSR count). The topological polar surface area (TPSA) is 49.3 Å². The lowest BCUT2D eigenvalue weighted by Crippen LogP contribution is -2.49. The van der Waals surface area contributed by atoms with E-state index in [0.717, 1.165) is 46.5 Å². The Hall–Kier alpha value is -3.73. The van der Waals surface area contributed by atoms with Crippen molar-refractivity contribution in [3.05, 3.63) is 90.8 Å². The smallest absolute Gasteiger partial charge is 0.254 e. The Balaban J connectivity index is 1.31. The first-order valence-electron chi connectivity index (χ1n) is 10.2. The highest BCUT2D eigenvalue weighted by atomic mass is 16.2. The van der Waals surface area contributed by atoms with Crippen LogP contribution in [0.3, 0.4) is 0 Å². The maximum Gasteiger partial charge on any atom is 0.254 e. The van der Waals surface area contributed by atoms with Crippen LogP contribution in [0.5, 0.6) is 0 Å². The average Bonchev–Trinajstić information content (AvgIpc) is 2.84. The number of hydrogen-bond donors (Lipinski definition) is 0. The van der Waals surface area contributed by atoms with E-state index in [2.05, 4.69) is 14.9 Å². The number of carbonyl (C=O) groups excluding carboxylic acids is 1. The summed E-state index contributed by atoms with van der Waals surface area (Å²) >= 11 is 0. The summed E-state index contributed by atoms with van der Waals surface area (Å²) in [7, 11) is 0. The summed E-state index contributed by atoms with van der Waals surface area (Å²) in [5.41, 5.74) is 2.76. The Morgan fingerprint density at radius 3 is 2.33 bits per heavy atom. The zero-order chi connectivity index (χ0) is 20.3. The SMILES string of the molecule is O=C(c1cccc2ccccc12)N1CCN(c2cc(-c3ccccc3)ncn2)CC1. The molecule has 1 aliphatic rings. The van der Waals surface area contributed by atoms with Crippen molar-refractivity contribution < 1.29 is 4.79 Å². The quantitative estimate of drug-likeness (QED) is 0.521. The van der Waals surface area contributed by atoms with Crippen LogP contribution in [-0.4, -0.2) is 47.0 Å². The highest BCUT2D eigenvalue weighted by Gasteiger charge is 2.24. The molecule has 0 spiro atoms. The number of fused-ring (bicyclic) bond motifs is 1. The average molecular weight is 394 g/mol. The molecule has 1 aromatic heterocycles. The minimum Gasteiger partial charge on any atom is -0.353 e. The summed E-state index contributed by atoms with van der Waals surface area (Å²) in [4.78, 5) is 26.2. The molecular formula is C25H22N4O. The van der Waals surface area contributed by atoms with Crippen molar-refractivity contribution in [2.24, 2.45) is 0 Å². The van der Waals surface area contributed by atoms with Gasteiger partial charge in [-0.2, -0.15) is 0 Å². The van der Waals surface area contributed by atoms with Gasteiger partial charge in [-0.25, -0.2) is 9.97 Å². The van der Waals surface area contributed by atoms with Crippen LogP contribution in [0.1, 0.15) is 10.4 Å². The number of hydrogen-bond acceptors (Lipinski definition) is 4. The van der Waals surface area contributed by atoms with Crippen LogP contribution in [0.15, 0.2) is 85.2 Å². The van der Waals surface area contributed by atoms with Gasteiger partial charge >= 0.3 is 0 Å². The zero-order valence-corrected chi connectivity index (χ0v) is 16.6. The first kappa shape index (κ1) is 18.3. The van der Waals surface area contributed by atoms with Crippen molar-refractivity contribution in [3.63, 3.8) is 0 Å². The third-order valence-electron chi connectivity index (χ3n) is 5.63. The molecule has 0 N–H and O–H groups in total. The number of benzene rings is 3. The monoisotopic (exact) mass is 394 g/mol. The summed E-state index contributed by atoms with van der Waals surface area (Å²) < 4.78 is 0. The molecule has 1 saturated heterocycles. The highest BCUT2D eigenvalue weighted by Crippen LogP contribution is 2.23. The van der Waals surface area contributed by atoms with Crippen LogP contribution in [-0.2, 0) is 0 Å². The molecule has 0 saturated carbocycles. The lowest BCUT2D eigenvalue weighted by molar-refractivity contribution is 0.0748. The Kier molecular flexibility index (Phi) is 4.85. The second-order valence-corrected chi connectivity index (χ2v) is 7.43. The second-order valence-electron chi connectivity index (χ2n) is 7.43. The van der Waals surface area contributed by atoms with E-state index >= 15 is 0 Å². The Morgan fingerprint density at radius 1 is 0.767 bits per heavy atom. The zero-order valence-electron chi connectivity index (χ0n) is 16.6. The van der Waals surface area contributed by atoms with E-state index in [9.17, 15) is 4.79 Å². The third kappa shape index (κ3) is 3.50. The maximum absolute atomic E-state index is 13.2. The first-order chi connectivity index (χ1) is 14.8. The van der Waals surface area contributed by atoms with Crippen molar-refractivity contribution in [1.82, 2.24) is 14.9 Å². The van der Waals surface area contributed by atoms with E-state index in [1.54, 1.807) is 6.33 Å². The van der Waals surface area contributed by atoms with Crippen LogP contribution in [0.4, 0.5) is 5.82 Å². The van der Waals surface area contributed by atoms with Crippen molar-refractivity contribution >= 4 is 22.5 Å². The number of carbonyl (C=O) groups is 1. The van der Waals surface area contributed by atoms with Gasteiger partial charge in [0, 0.05) is 43.4 Å². The largest absolute Gasteiger partial charge is 0.353 e. The van der Waals surface area contributed by atoms with Gasteiger partial charge in [-0.05, 0) is 16.8 Å². The molecule has 1 aliphatic heterocycles. The molecule has 4 aromatic rings.